The minimum Gasteiger partial charge on any atom is -0.395 e. The van der Waals surface area contributed by atoms with E-state index in [1.165, 1.54) is 0 Å². The van der Waals surface area contributed by atoms with Gasteiger partial charge in [-0.25, -0.2) is 4.98 Å². The van der Waals surface area contributed by atoms with Gasteiger partial charge in [0, 0.05) is 28.8 Å². The summed E-state index contributed by atoms with van der Waals surface area (Å²) in [5.74, 6) is 0. The molecule has 3 rings (SSSR count). The van der Waals surface area contributed by atoms with Crippen LogP contribution in [0.15, 0.2) is 23.8 Å². The first-order chi connectivity index (χ1) is 7.34. The van der Waals surface area contributed by atoms with Crippen molar-refractivity contribution in [1.82, 2.24) is 9.97 Å². The second-order valence-electron chi connectivity index (χ2n) is 4.08. The average molecular weight is 220 g/mol. The van der Waals surface area contributed by atoms with Crippen LogP contribution < -0.4 is 0 Å². The highest BCUT2D eigenvalue weighted by Crippen LogP contribution is 2.49. The molecule has 2 heterocycles. The van der Waals surface area contributed by atoms with Gasteiger partial charge in [-0.3, -0.25) is 0 Å². The summed E-state index contributed by atoms with van der Waals surface area (Å²) in [5.41, 5.74) is 2.13. The summed E-state index contributed by atoms with van der Waals surface area (Å²) in [6, 6.07) is 2.01. The molecule has 1 saturated carbocycles. The van der Waals surface area contributed by atoms with Gasteiger partial charge in [-0.1, -0.05) is 0 Å². The van der Waals surface area contributed by atoms with Crippen LogP contribution in [-0.4, -0.2) is 21.7 Å². The lowest BCUT2D eigenvalue weighted by atomic mass is 10.1. The summed E-state index contributed by atoms with van der Waals surface area (Å²) in [5, 5.41) is 12.5. The van der Waals surface area contributed by atoms with Gasteiger partial charge in [0.2, 0.25) is 0 Å². The van der Waals surface area contributed by atoms with Crippen LogP contribution in [-0.2, 0) is 5.41 Å². The fourth-order valence-corrected chi connectivity index (χ4v) is 2.81. The second kappa shape index (κ2) is 3.18. The molecule has 1 aliphatic rings. The zero-order chi connectivity index (χ0) is 10.3. The lowest BCUT2D eigenvalue weighted by molar-refractivity contribution is 0.255. The maximum atomic E-state index is 9.31. The summed E-state index contributed by atoms with van der Waals surface area (Å²) in [6.07, 6.45) is 5.98. The average Bonchev–Trinajstić information content (AvgIpc) is 2.74. The van der Waals surface area contributed by atoms with Crippen LogP contribution in [0.25, 0.3) is 11.3 Å². The van der Waals surface area contributed by atoms with Crippen LogP contribution in [0.5, 0.6) is 0 Å². The lowest BCUT2D eigenvalue weighted by Gasteiger charge is -2.05. The minimum absolute atomic E-state index is 0.000770. The first-order valence-electron chi connectivity index (χ1n) is 5.04. The number of aliphatic hydroxyl groups excluding tert-OH is 1. The molecule has 1 aliphatic carbocycles. The highest BCUT2D eigenvalue weighted by molar-refractivity contribution is 7.10. The molecule has 15 heavy (non-hydrogen) atoms. The smallest absolute Gasteiger partial charge is 0.102 e. The Kier molecular flexibility index (Phi) is 1.94. The van der Waals surface area contributed by atoms with Crippen LogP contribution >= 0.6 is 11.3 Å². The molecule has 78 valence electrons. The Hall–Kier alpha value is -1.13. The molecule has 0 bridgehead atoms. The maximum absolute atomic E-state index is 9.31. The number of rotatable bonds is 3. The third-order valence-electron chi connectivity index (χ3n) is 3.01. The maximum Gasteiger partial charge on any atom is 0.102 e. The predicted octanol–water partition coefficient (Wildman–Crippen LogP) is 2.16. The Balaban J connectivity index is 1.95. The third-order valence-corrected chi connectivity index (χ3v) is 4.10. The Labute approximate surface area is 91.8 Å². The van der Waals surface area contributed by atoms with Gasteiger partial charge in [0.1, 0.15) is 5.01 Å². The van der Waals surface area contributed by atoms with Crippen LogP contribution in [0.1, 0.15) is 17.8 Å². The zero-order valence-electron chi connectivity index (χ0n) is 8.23. The highest BCUT2D eigenvalue weighted by Gasteiger charge is 2.46. The standard InChI is InChI=1S/C11H12N2OS/c14-7-11(2-3-11)10-13-9(6-15-10)8-1-4-12-5-8/h1,4-6,12,14H,2-3,7H2. The van der Waals surface area contributed by atoms with E-state index in [4.69, 9.17) is 0 Å². The summed E-state index contributed by atoms with van der Waals surface area (Å²) in [7, 11) is 0. The van der Waals surface area contributed by atoms with E-state index in [9.17, 15) is 5.11 Å². The number of aliphatic hydroxyl groups is 1. The van der Waals surface area contributed by atoms with Crippen molar-refractivity contribution in [2.24, 2.45) is 0 Å². The molecular formula is C11H12N2OS. The number of aromatic amines is 1. The van der Waals surface area contributed by atoms with E-state index < -0.39 is 0 Å². The van der Waals surface area contributed by atoms with Crippen LogP contribution in [0.3, 0.4) is 0 Å². The molecular weight excluding hydrogens is 208 g/mol. The first kappa shape index (κ1) is 9.12. The Morgan fingerprint density at radius 2 is 2.40 bits per heavy atom. The van der Waals surface area contributed by atoms with E-state index in [-0.39, 0.29) is 12.0 Å². The number of thiazole rings is 1. The quantitative estimate of drug-likeness (QED) is 0.832. The van der Waals surface area contributed by atoms with E-state index in [0.717, 1.165) is 29.1 Å². The monoisotopic (exact) mass is 220 g/mol. The molecule has 2 aromatic heterocycles. The van der Waals surface area contributed by atoms with Crippen LogP contribution in [0, 0.1) is 0 Å². The summed E-state index contributed by atoms with van der Waals surface area (Å²) in [6.45, 7) is 0.229. The van der Waals surface area contributed by atoms with Crippen molar-refractivity contribution >= 4 is 11.3 Å². The van der Waals surface area contributed by atoms with Crippen molar-refractivity contribution in [2.45, 2.75) is 18.3 Å². The minimum atomic E-state index is -0.000770. The largest absolute Gasteiger partial charge is 0.395 e. The molecule has 0 aliphatic heterocycles. The topological polar surface area (TPSA) is 48.9 Å². The van der Waals surface area contributed by atoms with Crippen molar-refractivity contribution in [3.8, 4) is 11.3 Å². The molecule has 3 nitrogen and oxygen atoms in total. The highest BCUT2D eigenvalue weighted by atomic mass is 32.1. The number of hydrogen-bond donors (Lipinski definition) is 2. The molecule has 0 aromatic carbocycles. The van der Waals surface area contributed by atoms with Gasteiger partial charge in [0.25, 0.3) is 0 Å². The number of hydrogen-bond acceptors (Lipinski definition) is 3. The molecule has 2 aromatic rings. The van der Waals surface area contributed by atoms with E-state index in [1.807, 2.05) is 18.5 Å². The number of nitrogens with one attached hydrogen (secondary N) is 1. The third kappa shape index (κ3) is 1.41. The van der Waals surface area contributed by atoms with Crippen LogP contribution in [0.2, 0.25) is 0 Å². The summed E-state index contributed by atoms with van der Waals surface area (Å²) >= 11 is 1.66. The fraction of sp³-hybridized carbons (Fsp3) is 0.364. The summed E-state index contributed by atoms with van der Waals surface area (Å²) < 4.78 is 0. The number of nitrogens with zero attached hydrogens (tertiary/aromatic N) is 1. The van der Waals surface area contributed by atoms with Crippen molar-refractivity contribution in [1.29, 1.82) is 0 Å². The predicted molar refractivity (Wildman–Crippen MR) is 59.9 cm³/mol. The van der Waals surface area contributed by atoms with E-state index in [2.05, 4.69) is 15.3 Å². The normalized spacial score (nSPS) is 17.9. The van der Waals surface area contributed by atoms with E-state index in [0.29, 0.717) is 0 Å². The fourth-order valence-electron chi connectivity index (χ4n) is 1.72. The van der Waals surface area contributed by atoms with Crippen LogP contribution in [0.4, 0.5) is 0 Å². The van der Waals surface area contributed by atoms with Gasteiger partial charge in [-0.15, -0.1) is 11.3 Å². The molecule has 0 unspecified atom stereocenters. The summed E-state index contributed by atoms with van der Waals surface area (Å²) in [4.78, 5) is 7.62. The Bertz CT molecular complexity index is 457. The molecule has 1 fully saturated rings. The second-order valence-corrected chi connectivity index (χ2v) is 4.93. The van der Waals surface area contributed by atoms with Gasteiger partial charge in [-0.05, 0) is 18.9 Å². The molecule has 4 heteroatoms. The molecule has 2 N–H and O–H groups in total. The van der Waals surface area contributed by atoms with Gasteiger partial charge in [-0.2, -0.15) is 0 Å². The van der Waals surface area contributed by atoms with E-state index >= 15 is 0 Å². The van der Waals surface area contributed by atoms with Gasteiger partial charge in [0.15, 0.2) is 0 Å². The van der Waals surface area contributed by atoms with Crippen molar-refractivity contribution in [3.63, 3.8) is 0 Å². The zero-order valence-corrected chi connectivity index (χ0v) is 9.05. The van der Waals surface area contributed by atoms with E-state index in [1.54, 1.807) is 11.3 Å². The number of aromatic nitrogens is 2. The molecule has 0 atom stereocenters. The molecule has 0 amide bonds. The van der Waals surface area contributed by atoms with Crippen molar-refractivity contribution < 1.29 is 5.11 Å². The first-order valence-corrected chi connectivity index (χ1v) is 5.92. The number of H-pyrrole nitrogens is 1. The van der Waals surface area contributed by atoms with Crippen molar-refractivity contribution in [2.75, 3.05) is 6.61 Å². The Morgan fingerprint density at radius 3 is 3.00 bits per heavy atom. The van der Waals surface area contributed by atoms with Gasteiger partial charge in [0.05, 0.1) is 12.3 Å². The Morgan fingerprint density at radius 1 is 1.53 bits per heavy atom. The molecule has 0 spiro atoms. The lowest BCUT2D eigenvalue weighted by Crippen LogP contribution is -2.11. The SMILES string of the molecule is OCC1(c2nc(-c3cc[nH]c3)cs2)CC1. The molecule has 0 saturated heterocycles. The molecule has 0 radical (unpaired) electrons. The van der Waals surface area contributed by atoms with Gasteiger partial charge >= 0.3 is 0 Å². The van der Waals surface area contributed by atoms with Crippen molar-refractivity contribution in [3.05, 3.63) is 28.8 Å². The van der Waals surface area contributed by atoms with Gasteiger partial charge < -0.3 is 10.1 Å².